The van der Waals surface area contributed by atoms with Crippen LogP contribution in [0.15, 0.2) is 35.5 Å². The summed E-state index contributed by atoms with van der Waals surface area (Å²) in [6, 6.07) is 0. The van der Waals surface area contributed by atoms with E-state index in [0.29, 0.717) is 0 Å². The van der Waals surface area contributed by atoms with E-state index in [0.717, 1.165) is 6.42 Å². The Labute approximate surface area is 109 Å². The summed E-state index contributed by atoms with van der Waals surface area (Å²) in [7, 11) is 0. The maximum absolute atomic E-state index is 3.74. The lowest BCUT2D eigenvalue weighted by Gasteiger charge is -2.06. The van der Waals surface area contributed by atoms with Gasteiger partial charge >= 0.3 is 0 Å². The third-order valence-electron chi connectivity index (χ3n) is 3.51. The van der Waals surface area contributed by atoms with Crippen molar-refractivity contribution < 1.29 is 0 Å². The summed E-state index contributed by atoms with van der Waals surface area (Å²) in [6.45, 7) is 12.8. The zero-order valence-corrected chi connectivity index (χ0v) is 12.3. The minimum absolute atomic E-state index is 1.02. The third-order valence-corrected chi connectivity index (χ3v) is 3.51. The summed E-state index contributed by atoms with van der Waals surface area (Å²) in [6.07, 6.45) is 13.0. The van der Waals surface area contributed by atoms with Crippen LogP contribution in [0.5, 0.6) is 0 Å². The van der Waals surface area contributed by atoms with Crippen LogP contribution >= 0.6 is 0 Å². The summed E-state index contributed by atoms with van der Waals surface area (Å²) in [5.74, 6) is 0. The molecule has 0 radical (unpaired) electrons. The van der Waals surface area contributed by atoms with Crippen LogP contribution in [-0.4, -0.2) is 0 Å². The fourth-order valence-electron chi connectivity index (χ4n) is 1.87. The molecule has 0 amide bonds. The van der Waals surface area contributed by atoms with Crippen molar-refractivity contribution in [2.45, 2.75) is 72.6 Å². The molecule has 0 unspecified atom stereocenters. The molecule has 0 heterocycles. The Kier molecular flexibility index (Phi) is 9.90. The molecule has 0 bridgehead atoms. The SMILES string of the molecule is C=CCC=C(C)CCCCCC(C)=C(C)CC. The van der Waals surface area contributed by atoms with Gasteiger partial charge in [0.25, 0.3) is 0 Å². The molecule has 0 N–H and O–H groups in total. The molecule has 0 nitrogen and oxygen atoms in total. The number of allylic oxidation sites excluding steroid dienone is 5. The standard InChI is InChI=1S/C17H30/c1-6-8-12-15(3)13-10-9-11-14-17(5)16(4)7-2/h6,12H,1,7-11,13-14H2,2-5H3. The number of hydrogen-bond donors (Lipinski definition) is 0. The molecular formula is C17H30. The first-order valence-corrected chi connectivity index (χ1v) is 7.03. The summed E-state index contributed by atoms with van der Waals surface area (Å²) >= 11 is 0. The second-order valence-corrected chi connectivity index (χ2v) is 5.05. The lowest BCUT2D eigenvalue weighted by Crippen LogP contribution is -1.86. The topological polar surface area (TPSA) is 0 Å². The minimum Gasteiger partial charge on any atom is -0.103 e. The van der Waals surface area contributed by atoms with E-state index in [1.165, 1.54) is 44.1 Å². The Morgan fingerprint density at radius 2 is 1.59 bits per heavy atom. The van der Waals surface area contributed by atoms with Gasteiger partial charge < -0.3 is 0 Å². The van der Waals surface area contributed by atoms with E-state index >= 15 is 0 Å². The highest BCUT2D eigenvalue weighted by molar-refractivity contribution is 5.08. The molecule has 0 aliphatic heterocycles. The molecule has 0 heteroatoms. The molecule has 0 aliphatic carbocycles. The minimum atomic E-state index is 1.02. The van der Waals surface area contributed by atoms with Crippen molar-refractivity contribution in [1.29, 1.82) is 0 Å². The van der Waals surface area contributed by atoms with Crippen LogP contribution in [0.4, 0.5) is 0 Å². The molecule has 0 aromatic rings. The molecule has 0 rings (SSSR count). The molecular weight excluding hydrogens is 204 g/mol. The van der Waals surface area contributed by atoms with Gasteiger partial charge in [0, 0.05) is 0 Å². The number of hydrogen-bond acceptors (Lipinski definition) is 0. The van der Waals surface area contributed by atoms with Crippen molar-refractivity contribution >= 4 is 0 Å². The normalized spacial score (nSPS) is 13.5. The number of unbranched alkanes of at least 4 members (excludes halogenated alkanes) is 2. The highest BCUT2D eigenvalue weighted by Crippen LogP contribution is 2.16. The Balaban J connectivity index is 3.63. The molecule has 0 aromatic heterocycles. The smallest absolute Gasteiger partial charge is 0.0169 e. The summed E-state index contributed by atoms with van der Waals surface area (Å²) in [5.41, 5.74) is 4.69. The van der Waals surface area contributed by atoms with Gasteiger partial charge in [-0.3, -0.25) is 0 Å². The van der Waals surface area contributed by atoms with E-state index in [4.69, 9.17) is 0 Å². The van der Waals surface area contributed by atoms with Crippen LogP contribution in [0.25, 0.3) is 0 Å². The van der Waals surface area contributed by atoms with Gasteiger partial charge in [-0.15, -0.1) is 6.58 Å². The van der Waals surface area contributed by atoms with Crippen molar-refractivity contribution in [3.05, 3.63) is 35.5 Å². The molecule has 0 atom stereocenters. The Morgan fingerprint density at radius 3 is 2.18 bits per heavy atom. The highest BCUT2D eigenvalue weighted by Gasteiger charge is 1.96. The van der Waals surface area contributed by atoms with Gasteiger partial charge in [0.2, 0.25) is 0 Å². The third kappa shape index (κ3) is 8.97. The maximum atomic E-state index is 3.74. The Hall–Kier alpha value is -0.780. The van der Waals surface area contributed by atoms with Gasteiger partial charge in [-0.1, -0.05) is 42.2 Å². The van der Waals surface area contributed by atoms with Gasteiger partial charge in [0.15, 0.2) is 0 Å². The van der Waals surface area contributed by atoms with E-state index in [2.05, 4.69) is 40.3 Å². The molecule has 0 aromatic carbocycles. The lowest BCUT2D eigenvalue weighted by atomic mass is 10.0. The zero-order valence-electron chi connectivity index (χ0n) is 12.3. The largest absolute Gasteiger partial charge is 0.103 e. The molecule has 0 saturated carbocycles. The summed E-state index contributed by atoms with van der Waals surface area (Å²) in [5, 5.41) is 0. The van der Waals surface area contributed by atoms with Gasteiger partial charge in [0.1, 0.15) is 0 Å². The highest BCUT2D eigenvalue weighted by atomic mass is 14.0. The van der Waals surface area contributed by atoms with Crippen molar-refractivity contribution in [2.24, 2.45) is 0 Å². The Morgan fingerprint density at radius 1 is 0.941 bits per heavy atom. The molecule has 0 fully saturated rings. The van der Waals surface area contributed by atoms with Crippen molar-refractivity contribution in [1.82, 2.24) is 0 Å². The second-order valence-electron chi connectivity index (χ2n) is 5.05. The fourth-order valence-corrected chi connectivity index (χ4v) is 1.87. The van der Waals surface area contributed by atoms with Crippen LogP contribution in [0.2, 0.25) is 0 Å². The van der Waals surface area contributed by atoms with E-state index in [-0.39, 0.29) is 0 Å². The van der Waals surface area contributed by atoms with Gasteiger partial charge in [-0.05, 0) is 59.3 Å². The van der Waals surface area contributed by atoms with Gasteiger partial charge in [-0.25, -0.2) is 0 Å². The molecule has 0 aliphatic rings. The molecule has 98 valence electrons. The average Bonchev–Trinajstić information content (AvgIpc) is 2.34. The molecule has 0 saturated heterocycles. The first-order chi connectivity index (χ1) is 8.11. The van der Waals surface area contributed by atoms with E-state index in [9.17, 15) is 0 Å². The first-order valence-electron chi connectivity index (χ1n) is 7.03. The van der Waals surface area contributed by atoms with Crippen LogP contribution in [-0.2, 0) is 0 Å². The zero-order chi connectivity index (χ0) is 13.1. The van der Waals surface area contributed by atoms with Crippen molar-refractivity contribution in [3.63, 3.8) is 0 Å². The molecule has 17 heavy (non-hydrogen) atoms. The van der Waals surface area contributed by atoms with E-state index < -0.39 is 0 Å². The van der Waals surface area contributed by atoms with Crippen LogP contribution in [0.1, 0.15) is 72.6 Å². The average molecular weight is 234 g/mol. The maximum Gasteiger partial charge on any atom is -0.0169 e. The second kappa shape index (κ2) is 10.4. The van der Waals surface area contributed by atoms with Gasteiger partial charge in [0.05, 0.1) is 0 Å². The van der Waals surface area contributed by atoms with Crippen LogP contribution in [0, 0.1) is 0 Å². The lowest BCUT2D eigenvalue weighted by molar-refractivity contribution is 0.668. The van der Waals surface area contributed by atoms with E-state index in [1.54, 1.807) is 11.1 Å². The monoisotopic (exact) mass is 234 g/mol. The predicted octanol–water partition coefficient (Wildman–Crippen LogP) is 6.21. The summed E-state index contributed by atoms with van der Waals surface area (Å²) in [4.78, 5) is 0. The van der Waals surface area contributed by atoms with Crippen molar-refractivity contribution in [2.75, 3.05) is 0 Å². The Bertz CT molecular complexity index is 266. The molecule has 0 spiro atoms. The van der Waals surface area contributed by atoms with Crippen LogP contribution < -0.4 is 0 Å². The van der Waals surface area contributed by atoms with E-state index in [1.807, 2.05) is 6.08 Å². The predicted molar refractivity (Wildman–Crippen MR) is 80.3 cm³/mol. The van der Waals surface area contributed by atoms with Gasteiger partial charge in [-0.2, -0.15) is 0 Å². The fraction of sp³-hybridized carbons (Fsp3) is 0.647. The van der Waals surface area contributed by atoms with Crippen molar-refractivity contribution in [3.8, 4) is 0 Å². The van der Waals surface area contributed by atoms with Crippen LogP contribution in [0.3, 0.4) is 0 Å². The quantitative estimate of drug-likeness (QED) is 0.329. The number of rotatable bonds is 9. The first kappa shape index (κ1) is 16.2. The summed E-state index contributed by atoms with van der Waals surface area (Å²) < 4.78 is 0.